The van der Waals surface area contributed by atoms with Crippen LogP contribution in [-0.2, 0) is 10.0 Å². The summed E-state index contributed by atoms with van der Waals surface area (Å²) in [5, 5.41) is 3.16. The van der Waals surface area contributed by atoms with Crippen LogP contribution in [-0.4, -0.2) is 46.0 Å². The number of rotatable bonds is 7. The van der Waals surface area contributed by atoms with E-state index in [0.717, 1.165) is 25.8 Å². The lowest BCUT2D eigenvalue weighted by Gasteiger charge is -2.31. The van der Waals surface area contributed by atoms with Gasteiger partial charge in [-0.25, -0.2) is 8.42 Å². The van der Waals surface area contributed by atoms with Gasteiger partial charge >= 0.3 is 0 Å². The van der Waals surface area contributed by atoms with E-state index < -0.39 is 10.0 Å². The second-order valence-corrected chi connectivity index (χ2v) is 7.66. The van der Waals surface area contributed by atoms with E-state index in [0.29, 0.717) is 36.3 Å². The average Bonchev–Trinajstić information content (AvgIpc) is 2.54. The van der Waals surface area contributed by atoms with Crippen molar-refractivity contribution < 1.29 is 13.2 Å². The van der Waals surface area contributed by atoms with Crippen LogP contribution in [0.25, 0.3) is 0 Å². The fourth-order valence-electron chi connectivity index (χ4n) is 2.72. The predicted molar refractivity (Wildman–Crippen MR) is 94.9 cm³/mol. The van der Waals surface area contributed by atoms with E-state index in [-0.39, 0.29) is 12.4 Å². The minimum atomic E-state index is -3.38. The quantitative estimate of drug-likeness (QED) is 0.809. The van der Waals surface area contributed by atoms with Gasteiger partial charge in [0.25, 0.3) is 0 Å². The molecule has 1 aromatic carbocycles. The largest absolute Gasteiger partial charge is 0.494 e. The SMILES string of the molecule is CCCOc1ccc(S(=O)(=O)N2CCC(CNC)CC2)cc1.Cl. The molecular formula is C16H27ClN2O3S. The third kappa shape index (κ3) is 5.35. The Morgan fingerprint density at radius 1 is 1.22 bits per heavy atom. The highest BCUT2D eigenvalue weighted by Crippen LogP contribution is 2.24. The molecule has 0 unspecified atom stereocenters. The summed E-state index contributed by atoms with van der Waals surface area (Å²) in [6, 6.07) is 6.74. The highest BCUT2D eigenvalue weighted by molar-refractivity contribution is 7.89. The van der Waals surface area contributed by atoms with Crippen molar-refractivity contribution in [3.05, 3.63) is 24.3 Å². The third-order valence-corrected chi connectivity index (χ3v) is 5.91. The Morgan fingerprint density at radius 2 is 1.83 bits per heavy atom. The van der Waals surface area contributed by atoms with Crippen LogP contribution in [0.3, 0.4) is 0 Å². The molecule has 0 saturated carbocycles. The first kappa shape index (κ1) is 20.2. The van der Waals surface area contributed by atoms with Gasteiger partial charge in [0, 0.05) is 13.1 Å². The number of nitrogens with one attached hydrogen (secondary N) is 1. The molecule has 0 spiro atoms. The monoisotopic (exact) mass is 362 g/mol. The van der Waals surface area contributed by atoms with Crippen molar-refractivity contribution in [2.24, 2.45) is 5.92 Å². The Morgan fingerprint density at radius 3 is 2.35 bits per heavy atom. The Balaban J connectivity index is 0.00000264. The summed E-state index contributed by atoms with van der Waals surface area (Å²) >= 11 is 0. The molecule has 1 saturated heterocycles. The van der Waals surface area contributed by atoms with Crippen LogP contribution in [0.4, 0.5) is 0 Å². The molecule has 0 aliphatic carbocycles. The number of nitrogens with zero attached hydrogens (tertiary/aromatic N) is 1. The van der Waals surface area contributed by atoms with Crippen LogP contribution in [0.2, 0.25) is 0 Å². The summed E-state index contributed by atoms with van der Waals surface area (Å²) in [4.78, 5) is 0.350. The maximum absolute atomic E-state index is 12.6. The topological polar surface area (TPSA) is 58.6 Å². The first-order chi connectivity index (χ1) is 10.6. The zero-order valence-electron chi connectivity index (χ0n) is 13.8. The van der Waals surface area contributed by atoms with Crippen LogP contribution in [0, 0.1) is 5.92 Å². The van der Waals surface area contributed by atoms with Gasteiger partial charge in [0.05, 0.1) is 11.5 Å². The van der Waals surface area contributed by atoms with E-state index in [4.69, 9.17) is 4.74 Å². The zero-order chi connectivity index (χ0) is 16.0. The van der Waals surface area contributed by atoms with Crippen molar-refractivity contribution in [1.29, 1.82) is 0 Å². The maximum Gasteiger partial charge on any atom is 0.243 e. The average molecular weight is 363 g/mol. The van der Waals surface area contributed by atoms with Gasteiger partial charge in [-0.1, -0.05) is 6.92 Å². The van der Waals surface area contributed by atoms with Crippen molar-refractivity contribution >= 4 is 22.4 Å². The molecule has 5 nitrogen and oxygen atoms in total. The van der Waals surface area contributed by atoms with Crippen molar-refractivity contribution in [3.8, 4) is 5.75 Å². The summed E-state index contributed by atoms with van der Waals surface area (Å²) in [5.74, 6) is 1.29. The molecule has 1 heterocycles. The van der Waals surface area contributed by atoms with E-state index >= 15 is 0 Å². The van der Waals surface area contributed by atoms with E-state index in [1.165, 1.54) is 0 Å². The Hall–Kier alpha value is -0.820. The maximum atomic E-state index is 12.6. The lowest BCUT2D eigenvalue weighted by Crippen LogP contribution is -2.40. The summed E-state index contributed by atoms with van der Waals surface area (Å²) in [6.07, 6.45) is 2.76. The minimum absolute atomic E-state index is 0. The number of halogens is 1. The fraction of sp³-hybridized carbons (Fsp3) is 0.625. The first-order valence-electron chi connectivity index (χ1n) is 7.95. The number of hydrogen-bond donors (Lipinski definition) is 1. The van der Waals surface area contributed by atoms with Gasteiger partial charge in [0.2, 0.25) is 10.0 Å². The van der Waals surface area contributed by atoms with Gasteiger partial charge in [0.1, 0.15) is 5.75 Å². The number of piperidine rings is 1. The molecule has 0 amide bonds. The summed E-state index contributed by atoms with van der Waals surface area (Å²) in [6.45, 7) is 4.84. The first-order valence-corrected chi connectivity index (χ1v) is 9.39. The fourth-order valence-corrected chi connectivity index (χ4v) is 4.19. The zero-order valence-corrected chi connectivity index (χ0v) is 15.5. The number of sulfonamides is 1. The van der Waals surface area contributed by atoms with Crippen LogP contribution in [0.15, 0.2) is 29.2 Å². The number of hydrogen-bond acceptors (Lipinski definition) is 4. The third-order valence-electron chi connectivity index (χ3n) is 4.00. The molecule has 1 fully saturated rings. The molecule has 1 aliphatic heterocycles. The van der Waals surface area contributed by atoms with Crippen LogP contribution in [0.5, 0.6) is 5.75 Å². The van der Waals surface area contributed by atoms with Crippen molar-refractivity contribution in [2.45, 2.75) is 31.1 Å². The smallest absolute Gasteiger partial charge is 0.243 e. The van der Waals surface area contributed by atoms with Crippen LogP contribution < -0.4 is 10.1 Å². The molecule has 2 rings (SSSR count). The summed E-state index contributed by atoms with van der Waals surface area (Å²) < 4.78 is 32.4. The minimum Gasteiger partial charge on any atom is -0.494 e. The number of benzene rings is 1. The highest BCUT2D eigenvalue weighted by Gasteiger charge is 2.29. The molecule has 1 aromatic rings. The van der Waals surface area contributed by atoms with Crippen molar-refractivity contribution in [2.75, 3.05) is 33.3 Å². The Bertz CT molecular complexity index is 555. The summed E-state index contributed by atoms with van der Waals surface area (Å²) in [7, 11) is -1.44. The molecule has 0 atom stereocenters. The molecule has 23 heavy (non-hydrogen) atoms. The van der Waals surface area contributed by atoms with Gasteiger partial charge in [-0.15, -0.1) is 12.4 Å². The van der Waals surface area contributed by atoms with Gasteiger partial charge in [-0.3, -0.25) is 0 Å². The van der Waals surface area contributed by atoms with Crippen LogP contribution in [0.1, 0.15) is 26.2 Å². The molecule has 0 radical (unpaired) electrons. The molecule has 7 heteroatoms. The molecule has 1 aliphatic rings. The molecule has 0 bridgehead atoms. The standard InChI is InChI=1S/C16H26N2O3S.ClH/c1-3-12-21-15-4-6-16(7-5-15)22(19,20)18-10-8-14(9-11-18)13-17-2;/h4-7,14,17H,3,8-13H2,1-2H3;1H. The lowest BCUT2D eigenvalue weighted by molar-refractivity contribution is 0.270. The normalized spacial score (nSPS) is 16.8. The highest BCUT2D eigenvalue weighted by atomic mass is 35.5. The van der Waals surface area contributed by atoms with E-state index in [1.807, 2.05) is 14.0 Å². The predicted octanol–water partition coefficient (Wildman–Crippen LogP) is 2.52. The summed E-state index contributed by atoms with van der Waals surface area (Å²) in [5.41, 5.74) is 0. The second kappa shape index (κ2) is 9.47. The Labute approximate surface area is 145 Å². The van der Waals surface area contributed by atoms with Gasteiger partial charge in [0.15, 0.2) is 0 Å². The lowest BCUT2D eigenvalue weighted by atomic mass is 9.98. The van der Waals surface area contributed by atoms with Crippen LogP contribution >= 0.6 is 12.4 Å². The Kier molecular flexibility index (Phi) is 8.33. The molecule has 1 N–H and O–H groups in total. The van der Waals surface area contributed by atoms with E-state index in [2.05, 4.69) is 5.32 Å². The van der Waals surface area contributed by atoms with E-state index in [1.54, 1.807) is 28.6 Å². The second-order valence-electron chi connectivity index (χ2n) is 5.73. The van der Waals surface area contributed by atoms with Gasteiger partial charge in [-0.05, 0) is 63.0 Å². The molecule has 132 valence electrons. The van der Waals surface area contributed by atoms with Gasteiger partial charge in [-0.2, -0.15) is 4.31 Å². The van der Waals surface area contributed by atoms with Crippen molar-refractivity contribution in [1.82, 2.24) is 9.62 Å². The van der Waals surface area contributed by atoms with E-state index in [9.17, 15) is 8.42 Å². The van der Waals surface area contributed by atoms with Gasteiger partial charge < -0.3 is 10.1 Å². The number of ether oxygens (including phenoxy) is 1. The van der Waals surface area contributed by atoms with Crippen molar-refractivity contribution in [3.63, 3.8) is 0 Å². The molecule has 0 aromatic heterocycles. The molecular weight excluding hydrogens is 336 g/mol.